The molecule has 0 aliphatic carbocycles. The third-order valence-corrected chi connectivity index (χ3v) is 4.66. The first-order valence-electron chi connectivity index (χ1n) is 7.23. The number of nitrogens with one attached hydrogen (secondary N) is 1. The number of ether oxygens (including phenoxy) is 1. The maximum absolute atomic E-state index is 12.5. The van der Waals surface area contributed by atoms with Crippen LogP contribution in [-0.2, 0) is 14.8 Å². The number of benzene rings is 2. The summed E-state index contributed by atoms with van der Waals surface area (Å²) in [5.74, 6) is -1.11. The van der Waals surface area contributed by atoms with E-state index in [1.54, 1.807) is 48.5 Å². The topological polar surface area (TPSA) is 98.5 Å². The second-order valence-corrected chi connectivity index (χ2v) is 6.66. The number of carbonyl (C=O) groups excluding carboxylic acids is 1. The van der Waals surface area contributed by atoms with Gasteiger partial charge in [-0.15, -0.1) is 0 Å². The molecule has 7 nitrogen and oxygen atoms in total. The highest BCUT2D eigenvalue weighted by molar-refractivity contribution is 7.92. The van der Waals surface area contributed by atoms with Crippen molar-refractivity contribution in [3.63, 3.8) is 0 Å². The monoisotopic (exact) mass is 358 g/mol. The van der Waals surface area contributed by atoms with Gasteiger partial charge in [0.1, 0.15) is 0 Å². The van der Waals surface area contributed by atoms with Crippen LogP contribution in [0.2, 0.25) is 0 Å². The summed E-state index contributed by atoms with van der Waals surface area (Å²) in [5.41, 5.74) is 0.566. The van der Waals surface area contributed by atoms with Crippen molar-refractivity contribution in [3.05, 3.63) is 66.6 Å². The highest BCUT2D eigenvalue weighted by Crippen LogP contribution is 2.30. The van der Waals surface area contributed by atoms with Crippen LogP contribution in [0.3, 0.4) is 0 Å². The van der Waals surface area contributed by atoms with E-state index in [0.717, 1.165) is 0 Å². The van der Waals surface area contributed by atoms with Crippen molar-refractivity contribution in [2.24, 2.45) is 0 Å². The fraction of sp³-hybridized carbons (Fsp3) is 0.0588. The molecule has 1 N–H and O–H groups in total. The molecule has 128 valence electrons. The molecule has 0 saturated carbocycles. The Morgan fingerprint density at radius 2 is 1.64 bits per heavy atom. The van der Waals surface area contributed by atoms with Crippen molar-refractivity contribution in [2.75, 3.05) is 11.8 Å². The molecule has 0 unspecified atom stereocenters. The molecule has 0 spiro atoms. The molecule has 1 aromatic heterocycles. The molecule has 3 rings (SSSR count). The molecule has 8 heteroatoms. The van der Waals surface area contributed by atoms with Crippen molar-refractivity contribution in [1.29, 1.82) is 0 Å². The molecule has 0 aliphatic heterocycles. The van der Waals surface area contributed by atoms with Crippen LogP contribution >= 0.6 is 0 Å². The molecule has 25 heavy (non-hydrogen) atoms. The summed E-state index contributed by atoms with van der Waals surface area (Å²) in [6.07, 6.45) is 0. The minimum Gasteiger partial charge on any atom is -0.462 e. The molecule has 0 bridgehead atoms. The second kappa shape index (κ2) is 6.78. The SMILES string of the molecule is COC(=O)c1nc(NS(=O)(=O)c2ccccc2)c(-c2ccccc2)o1. The number of anilines is 1. The summed E-state index contributed by atoms with van der Waals surface area (Å²) >= 11 is 0. The molecule has 0 fully saturated rings. The Morgan fingerprint density at radius 1 is 1.04 bits per heavy atom. The summed E-state index contributed by atoms with van der Waals surface area (Å²) in [7, 11) is -2.70. The zero-order valence-corrected chi connectivity index (χ0v) is 14.0. The Labute approximate surface area is 144 Å². The molecule has 0 saturated heterocycles. The predicted molar refractivity (Wildman–Crippen MR) is 90.5 cm³/mol. The molecule has 1 heterocycles. The Balaban J connectivity index is 2.06. The van der Waals surface area contributed by atoms with Crippen LogP contribution in [-0.4, -0.2) is 26.5 Å². The standard InChI is InChI=1S/C17H14N2O5S/c1-23-17(20)16-18-15(14(24-16)12-8-4-2-5-9-12)19-25(21,22)13-10-6-3-7-11-13/h2-11,19H,1H3. The fourth-order valence-electron chi connectivity index (χ4n) is 2.13. The summed E-state index contributed by atoms with van der Waals surface area (Å²) in [6.45, 7) is 0. The van der Waals surface area contributed by atoms with Gasteiger partial charge in [-0.05, 0) is 12.1 Å². The number of nitrogens with zero attached hydrogens (tertiary/aromatic N) is 1. The maximum atomic E-state index is 12.5. The van der Waals surface area contributed by atoms with Crippen LogP contribution in [0, 0.1) is 0 Å². The number of methoxy groups -OCH3 is 1. The average molecular weight is 358 g/mol. The van der Waals surface area contributed by atoms with Crippen LogP contribution < -0.4 is 4.72 Å². The summed E-state index contributed by atoms with van der Waals surface area (Å²) in [6, 6.07) is 16.6. The number of carbonyl (C=O) groups is 1. The van der Waals surface area contributed by atoms with E-state index in [1.807, 2.05) is 0 Å². The van der Waals surface area contributed by atoms with E-state index in [4.69, 9.17) is 4.42 Å². The van der Waals surface area contributed by atoms with Crippen molar-refractivity contribution < 1.29 is 22.4 Å². The molecule has 0 atom stereocenters. The quantitative estimate of drug-likeness (QED) is 0.704. The number of esters is 1. The van der Waals surface area contributed by atoms with E-state index in [9.17, 15) is 13.2 Å². The third kappa shape index (κ3) is 3.53. The van der Waals surface area contributed by atoms with Crippen LogP contribution in [0.4, 0.5) is 5.82 Å². The van der Waals surface area contributed by atoms with Gasteiger partial charge >= 0.3 is 11.9 Å². The van der Waals surface area contributed by atoms with Gasteiger partial charge in [-0.3, -0.25) is 4.72 Å². The highest BCUT2D eigenvalue weighted by Gasteiger charge is 2.24. The van der Waals surface area contributed by atoms with Crippen molar-refractivity contribution in [1.82, 2.24) is 4.98 Å². The minimum absolute atomic E-state index is 0.0663. The van der Waals surface area contributed by atoms with Gasteiger partial charge in [0.05, 0.1) is 12.0 Å². The normalized spacial score (nSPS) is 11.1. The lowest BCUT2D eigenvalue weighted by atomic mass is 10.2. The Bertz CT molecular complexity index is 982. The maximum Gasteiger partial charge on any atom is 0.394 e. The second-order valence-electron chi connectivity index (χ2n) is 4.97. The fourth-order valence-corrected chi connectivity index (χ4v) is 3.16. The Morgan fingerprint density at radius 3 is 2.24 bits per heavy atom. The number of hydrogen-bond donors (Lipinski definition) is 1. The number of hydrogen-bond acceptors (Lipinski definition) is 6. The van der Waals surface area contributed by atoms with Crippen molar-refractivity contribution in [2.45, 2.75) is 4.90 Å². The largest absolute Gasteiger partial charge is 0.462 e. The predicted octanol–water partition coefficient (Wildman–Crippen LogP) is 2.93. The molecular weight excluding hydrogens is 344 g/mol. The Hall–Kier alpha value is -3.13. The minimum atomic E-state index is -3.89. The van der Waals surface area contributed by atoms with Crippen LogP contribution in [0.1, 0.15) is 10.7 Å². The molecule has 2 aromatic carbocycles. The van der Waals surface area contributed by atoms with Gasteiger partial charge in [0.2, 0.25) is 0 Å². The summed E-state index contributed by atoms with van der Waals surface area (Å²) in [4.78, 5) is 15.7. The van der Waals surface area contributed by atoms with Gasteiger partial charge in [0.25, 0.3) is 10.0 Å². The molecule has 3 aromatic rings. The van der Waals surface area contributed by atoms with Crippen LogP contribution in [0.25, 0.3) is 11.3 Å². The van der Waals surface area contributed by atoms with E-state index in [0.29, 0.717) is 5.56 Å². The van der Waals surface area contributed by atoms with Gasteiger partial charge in [0.15, 0.2) is 11.6 Å². The lowest BCUT2D eigenvalue weighted by Crippen LogP contribution is -2.14. The number of sulfonamides is 1. The van der Waals surface area contributed by atoms with E-state index >= 15 is 0 Å². The molecule has 0 amide bonds. The van der Waals surface area contributed by atoms with Gasteiger partial charge in [-0.25, -0.2) is 13.2 Å². The highest BCUT2D eigenvalue weighted by atomic mass is 32.2. The first kappa shape index (κ1) is 16.7. The average Bonchev–Trinajstić information content (AvgIpc) is 3.05. The summed E-state index contributed by atoms with van der Waals surface area (Å²) < 4.78 is 37.4. The first-order chi connectivity index (χ1) is 12.0. The van der Waals surface area contributed by atoms with Crippen molar-refractivity contribution in [3.8, 4) is 11.3 Å². The van der Waals surface area contributed by atoms with E-state index < -0.39 is 16.0 Å². The lowest BCUT2D eigenvalue weighted by Gasteiger charge is -2.06. The first-order valence-corrected chi connectivity index (χ1v) is 8.72. The number of aromatic nitrogens is 1. The van der Waals surface area contributed by atoms with Crippen molar-refractivity contribution >= 4 is 21.8 Å². The molecular formula is C17H14N2O5S. The van der Waals surface area contributed by atoms with Gasteiger partial charge in [-0.1, -0.05) is 48.5 Å². The zero-order chi connectivity index (χ0) is 17.9. The van der Waals surface area contributed by atoms with E-state index in [-0.39, 0.29) is 22.4 Å². The molecule has 0 radical (unpaired) electrons. The van der Waals surface area contributed by atoms with Gasteiger partial charge < -0.3 is 9.15 Å². The van der Waals surface area contributed by atoms with E-state index in [2.05, 4.69) is 14.4 Å². The zero-order valence-electron chi connectivity index (χ0n) is 13.2. The number of oxazole rings is 1. The lowest BCUT2D eigenvalue weighted by molar-refractivity contribution is 0.0557. The third-order valence-electron chi connectivity index (χ3n) is 3.31. The van der Waals surface area contributed by atoms with Gasteiger partial charge in [0, 0.05) is 5.56 Å². The van der Waals surface area contributed by atoms with Crippen LogP contribution in [0.5, 0.6) is 0 Å². The van der Waals surface area contributed by atoms with Crippen LogP contribution in [0.15, 0.2) is 70.0 Å². The summed E-state index contributed by atoms with van der Waals surface area (Å²) in [5, 5.41) is 0. The van der Waals surface area contributed by atoms with Gasteiger partial charge in [-0.2, -0.15) is 4.98 Å². The number of rotatable bonds is 5. The smallest absolute Gasteiger partial charge is 0.394 e. The Kier molecular flexibility index (Phi) is 4.53. The molecule has 0 aliphatic rings. The van der Waals surface area contributed by atoms with E-state index in [1.165, 1.54) is 19.2 Å².